The van der Waals surface area contributed by atoms with E-state index in [1.807, 2.05) is 11.0 Å². The van der Waals surface area contributed by atoms with E-state index < -0.39 is 0 Å². The summed E-state index contributed by atoms with van der Waals surface area (Å²) in [5, 5.41) is 7.75. The molecular weight excluding hydrogens is 391 g/mol. The van der Waals surface area contributed by atoms with Crippen molar-refractivity contribution in [3.8, 4) is 0 Å². The number of carbonyl (C=O) groups is 1. The number of H-pyrrole nitrogens is 1. The van der Waals surface area contributed by atoms with Crippen molar-refractivity contribution in [1.29, 1.82) is 0 Å². The Morgan fingerprint density at radius 3 is 2.69 bits per heavy atom. The number of piperidine rings is 1. The average Bonchev–Trinajstić information content (AvgIpc) is 3.12. The highest BCUT2D eigenvalue weighted by Crippen LogP contribution is 2.35. The Labute approximate surface area is 175 Å². The van der Waals surface area contributed by atoms with E-state index in [0.29, 0.717) is 24.8 Å². The third kappa shape index (κ3) is 3.46. The van der Waals surface area contributed by atoms with Crippen LogP contribution in [0.2, 0.25) is 5.02 Å². The minimum atomic E-state index is -0.373. The quantitative estimate of drug-likeness (QED) is 0.818. The van der Waals surface area contributed by atoms with Gasteiger partial charge >= 0.3 is 0 Å². The van der Waals surface area contributed by atoms with E-state index in [9.17, 15) is 9.18 Å². The summed E-state index contributed by atoms with van der Waals surface area (Å²) in [4.78, 5) is 17.5. The van der Waals surface area contributed by atoms with Crippen molar-refractivity contribution in [3.05, 3.63) is 51.6 Å². The molecular formula is C22H26ClFN4O. The van der Waals surface area contributed by atoms with Crippen molar-refractivity contribution in [1.82, 2.24) is 20.0 Å². The lowest BCUT2D eigenvalue weighted by Gasteiger charge is -2.39. The van der Waals surface area contributed by atoms with E-state index in [1.165, 1.54) is 25.3 Å². The number of halogens is 2. The van der Waals surface area contributed by atoms with Crippen molar-refractivity contribution in [2.24, 2.45) is 0 Å². The number of rotatable bonds is 3. The summed E-state index contributed by atoms with van der Waals surface area (Å²) in [5.41, 5.74) is 3.65. The Kier molecular flexibility index (Phi) is 5.08. The monoisotopic (exact) mass is 416 g/mol. The summed E-state index contributed by atoms with van der Waals surface area (Å²) in [7, 11) is 0. The number of amides is 1. The SMILES string of the molecule is O=C(c1n[nH]c2c1CCN(C1CCC1)C2)N1CCC(c2cccc(F)c2Cl)CC1. The van der Waals surface area contributed by atoms with Crippen LogP contribution in [-0.4, -0.2) is 51.6 Å². The fourth-order valence-corrected chi connectivity index (χ4v) is 5.24. The topological polar surface area (TPSA) is 52.2 Å². The average molecular weight is 417 g/mol. The largest absolute Gasteiger partial charge is 0.337 e. The van der Waals surface area contributed by atoms with Crippen molar-refractivity contribution >= 4 is 17.5 Å². The van der Waals surface area contributed by atoms with E-state index in [0.717, 1.165) is 49.2 Å². The molecule has 1 saturated carbocycles. The van der Waals surface area contributed by atoms with Crippen LogP contribution < -0.4 is 0 Å². The normalized spacial score (nSPS) is 21.1. The van der Waals surface area contributed by atoms with E-state index in [2.05, 4.69) is 15.1 Å². The van der Waals surface area contributed by atoms with Gasteiger partial charge in [0.2, 0.25) is 0 Å². The Morgan fingerprint density at radius 1 is 1.17 bits per heavy atom. The van der Waals surface area contributed by atoms with Gasteiger partial charge in [-0.25, -0.2) is 4.39 Å². The first-order valence-corrected chi connectivity index (χ1v) is 11.0. The standard InChI is InChI=1S/C22H26ClFN4O/c23-20-16(5-2-6-18(20)24)14-7-10-27(11-8-14)22(29)21-17-9-12-28(15-3-1-4-15)13-19(17)25-26-21/h2,5-6,14-15H,1,3-4,7-13H2,(H,25,26). The van der Waals surface area contributed by atoms with E-state index >= 15 is 0 Å². The van der Waals surface area contributed by atoms with Gasteiger partial charge in [0.05, 0.1) is 10.7 Å². The Hall–Kier alpha value is -1.92. The van der Waals surface area contributed by atoms with E-state index in [4.69, 9.17) is 11.6 Å². The van der Waals surface area contributed by atoms with E-state index in [-0.39, 0.29) is 22.7 Å². The molecule has 154 valence electrons. The lowest BCUT2D eigenvalue weighted by atomic mass is 9.88. The van der Waals surface area contributed by atoms with Crippen molar-refractivity contribution < 1.29 is 9.18 Å². The molecule has 2 aliphatic heterocycles. The Balaban J connectivity index is 1.25. The summed E-state index contributed by atoms with van der Waals surface area (Å²) >= 11 is 6.16. The van der Waals surface area contributed by atoms with Gasteiger partial charge in [-0.2, -0.15) is 5.10 Å². The summed E-state index contributed by atoms with van der Waals surface area (Å²) in [6.45, 7) is 3.18. The van der Waals surface area contributed by atoms with Crippen LogP contribution >= 0.6 is 11.6 Å². The highest BCUT2D eigenvalue weighted by atomic mass is 35.5. The molecule has 0 spiro atoms. The number of likely N-dealkylation sites (tertiary alicyclic amines) is 1. The van der Waals surface area contributed by atoms with Crippen LogP contribution in [0, 0.1) is 5.82 Å². The molecule has 1 saturated heterocycles. The molecule has 3 aliphatic rings. The van der Waals surface area contributed by atoms with E-state index in [1.54, 1.807) is 6.07 Å². The van der Waals surface area contributed by atoms with Crippen molar-refractivity contribution in [2.45, 2.75) is 57.0 Å². The molecule has 5 rings (SSSR count). The summed E-state index contributed by atoms with van der Waals surface area (Å²) in [6, 6.07) is 5.69. The zero-order valence-corrected chi connectivity index (χ0v) is 17.2. The molecule has 1 aliphatic carbocycles. The number of hydrogen-bond acceptors (Lipinski definition) is 3. The number of nitrogens with one attached hydrogen (secondary N) is 1. The maximum absolute atomic E-state index is 13.8. The van der Waals surface area contributed by atoms with Gasteiger partial charge < -0.3 is 4.90 Å². The maximum atomic E-state index is 13.8. The smallest absolute Gasteiger partial charge is 0.274 e. The zero-order valence-electron chi connectivity index (χ0n) is 16.5. The van der Waals surface area contributed by atoms with Gasteiger partial charge in [-0.15, -0.1) is 0 Å². The zero-order chi connectivity index (χ0) is 20.0. The first-order valence-electron chi connectivity index (χ1n) is 10.6. The van der Waals surface area contributed by atoms with Crippen LogP contribution in [0.3, 0.4) is 0 Å². The number of carbonyl (C=O) groups excluding carboxylic acids is 1. The molecule has 0 radical (unpaired) electrons. The van der Waals surface area contributed by atoms with Gasteiger partial charge in [0.25, 0.3) is 5.91 Å². The van der Waals surface area contributed by atoms with Crippen LogP contribution in [-0.2, 0) is 13.0 Å². The fraction of sp³-hybridized carbons (Fsp3) is 0.545. The first kappa shape index (κ1) is 19.1. The van der Waals surface area contributed by atoms with Crippen LogP contribution in [0.1, 0.15) is 65.3 Å². The number of benzene rings is 1. The van der Waals surface area contributed by atoms with Gasteiger partial charge in [0.1, 0.15) is 5.82 Å². The molecule has 7 heteroatoms. The van der Waals surface area contributed by atoms with Gasteiger partial charge in [-0.3, -0.25) is 14.8 Å². The second-order valence-electron chi connectivity index (χ2n) is 8.54. The van der Waals surface area contributed by atoms with Gasteiger partial charge in [0, 0.05) is 37.8 Å². The highest BCUT2D eigenvalue weighted by molar-refractivity contribution is 6.31. The lowest BCUT2D eigenvalue weighted by molar-refractivity contribution is 0.0704. The second-order valence-corrected chi connectivity index (χ2v) is 8.92. The molecule has 1 aromatic carbocycles. The molecule has 0 unspecified atom stereocenters. The minimum absolute atomic E-state index is 0.0170. The highest BCUT2D eigenvalue weighted by Gasteiger charge is 2.33. The van der Waals surface area contributed by atoms with Crippen molar-refractivity contribution in [3.63, 3.8) is 0 Å². The van der Waals surface area contributed by atoms with Crippen LogP contribution in [0.15, 0.2) is 18.2 Å². The fourth-order valence-electron chi connectivity index (χ4n) is 4.96. The number of nitrogens with zero attached hydrogens (tertiary/aromatic N) is 3. The molecule has 29 heavy (non-hydrogen) atoms. The third-order valence-corrected chi connectivity index (χ3v) is 7.36. The molecule has 0 atom stereocenters. The summed E-state index contributed by atoms with van der Waals surface area (Å²) in [5.74, 6) is -0.170. The van der Waals surface area contributed by atoms with Crippen LogP contribution in [0.5, 0.6) is 0 Å². The summed E-state index contributed by atoms with van der Waals surface area (Å²) < 4.78 is 13.8. The molecule has 1 amide bonds. The van der Waals surface area contributed by atoms with Crippen LogP contribution in [0.25, 0.3) is 0 Å². The molecule has 5 nitrogen and oxygen atoms in total. The summed E-state index contributed by atoms with van der Waals surface area (Å²) in [6.07, 6.45) is 6.38. The van der Waals surface area contributed by atoms with Gasteiger partial charge in [-0.1, -0.05) is 30.2 Å². The second kappa shape index (κ2) is 7.73. The predicted octanol–water partition coefficient (Wildman–Crippen LogP) is 4.13. The first-order chi connectivity index (χ1) is 14.1. The number of aromatic nitrogens is 2. The number of aromatic amines is 1. The van der Waals surface area contributed by atoms with Gasteiger partial charge in [-0.05, 0) is 49.7 Å². The molecule has 1 N–H and O–H groups in total. The number of hydrogen-bond donors (Lipinski definition) is 1. The van der Waals surface area contributed by atoms with Crippen LogP contribution in [0.4, 0.5) is 4.39 Å². The minimum Gasteiger partial charge on any atom is -0.337 e. The molecule has 2 fully saturated rings. The Morgan fingerprint density at radius 2 is 1.97 bits per heavy atom. The van der Waals surface area contributed by atoms with Gasteiger partial charge in [0.15, 0.2) is 5.69 Å². The maximum Gasteiger partial charge on any atom is 0.274 e. The Bertz CT molecular complexity index is 918. The molecule has 3 heterocycles. The number of fused-ring (bicyclic) bond motifs is 1. The van der Waals surface area contributed by atoms with Crippen molar-refractivity contribution in [2.75, 3.05) is 19.6 Å². The lowest BCUT2D eigenvalue weighted by Crippen LogP contribution is -2.43. The predicted molar refractivity (Wildman–Crippen MR) is 110 cm³/mol. The molecule has 0 bridgehead atoms. The molecule has 2 aromatic rings. The molecule has 1 aromatic heterocycles. The third-order valence-electron chi connectivity index (χ3n) is 6.96.